The number of aliphatic hydroxyl groups is 1. The van der Waals surface area contributed by atoms with Crippen molar-refractivity contribution in [2.24, 2.45) is 0 Å². The molecule has 1 aliphatic rings. The average Bonchev–Trinajstić information content (AvgIpc) is 2.62. The maximum absolute atomic E-state index is 11.5. The lowest BCUT2D eigenvalue weighted by atomic mass is 10.2. The molecule has 1 aromatic carbocycles. The fourth-order valence-electron chi connectivity index (χ4n) is 1.84. The summed E-state index contributed by atoms with van der Waals surface area (Å²) < 4.78 is 15.5. The number of carbonyl (C=O) groups is 1. The third-order valence-electron chi connectivity index (χ3n) is 2.88. The first-order chi connectivity index (χ1) is 8.61. The molecular weight excluding hydrogens is 236 g/mol. The molecule has 98 valence electrons. The Bertz CT molecular complexity index is 414. The minimum Gasteiger partial charge on any atom is -0.497 e. The number of ether oxygens (including phenoxy) is 3. The van der Waals surface area contributed by atoms with Crippen LogP contribution in [0.1, 0.15) is 12.5 Å². The van der Waals surface area contributed by atoms with Gasteiger partial charge in [-0.15, -0.1) is 0 Å². The summed E-state index contributed by atoms with van der Waals surface area (Å²) in [7, 11) is 1.60. The Morgan fingerprint density at radius 2 is 2.00 bits per heavy atom. The maximum Gasteiger partial charge on any atom is 0.219 e. The van der Waals surface area contributed by atoms with Gasteiger partial charge >= 0.3 is 0 Å². The monoisotopic (exact) mass is 252 g/mol. The number of benzene rings is 1. The van der Waals surface area contributed by atoms with E-state index in [2.05, 4.69) is 0 Å². The summed E-state index contributed by atoms with van der Waals surface area (Å²) in [5, 5.41) is 9.24. The Labute approximate surface area is 105 Å². The Morgan fingerprint density at radius 3 is 2.50 bits per heavy atom. The number of Topliss-reactive ketones (excluding diaryl/α,β-unsaturated/α-hetero) is 1. The van der Waals surface area contributed by atoms with Gasteiger partial charge in [-0.1, -0.05) is 12.1 Å². The first kappa shape index (κ1) is 13.0. The van der Waals surface area contributed by atoms with Crippen molar-refractivity contribution >= 4 is 5.78 Å². The largest absolute Gasteiger partial charge is 0.497 e. The van der Waals surface area contributed by atoms with E-state index >= 15 is 0 Å². The summed E-state index contributed by atoms with van der Waals surface area (Å²) in [6.45, 7) is 1.99. The fraction of sp³-hybridized carbons (Fsp3) is 0.462. The minimum atomic E-state index is -1.36. The molecule has 1 fully saturated rings. The van der Waals surface area contributed by atoms with Crippen LogP contribution in [0.5, 0.6) is 5.75 Å². The van der Waals surface area contributed by atoms with Crippen LogP contribution in [-0.2, 0) is 20.9 Å². The number of ketones is 1. The summed E-state index contributed by atoms with van der Waals surface area (Å²) >= 11 is 0. The van der Waals surface area contributed by atoms with Crippen LogP contribution >= 0.6 is 0 Å². The smallest absolute Gasteiger partial charge is 0.219 e. The van der Waals surface area contributed by atoms with Crippen molar-refractivity contribution in [2.75, 3.05) is 7.11 Å². The SMILES string of the molecule is COc1ccc(CO[C@@H]2C(=O)C(O)OC2C)cc1. The lowest BCUT2D eigenvalue weighted by molar-refractivity contribution is -0.143. The van der Waals surface area contributed by atoms with Crippen molar-refractivity contribution in [1.82, 2.24) is 0 Å². The number of methoxy groups -OCH3 is 1. The molecule has 5 nitrogen and oxygen atoms in total. The van der Waals surface area contributed by atoms with Crippen molar-refractivity contribution in [1.29, 1.82) is 0 Å². The van der Waals surface area contributed by atoms with E-state index in [9.17, 15) is 9.90 Å². The molecule has 1 aromatic rings. The van der Waals surface area contributed by atoms with Crippen LogP contribution in [0.25, 0.3) is 0 Å². The maximum atomic E-state index is 11.5. The molecule has 1 N–H and O–H groups in total. The van der Waals surface area contributed by atoms with Crippen LogP contribution in [0.15, 0.2) is 24.3 Å². The van der Waals surface area contributed by atoms with Crippen molar-refractivity contribution < 1.29 is 24.1 Å². The van der Waals surface area contributed by atoms with Gasteiger partial charge in [-0.05, 0) is 24.6 Å². The second-order valence-corrected chi connectivity index (χ2v) is 4.18. The summed E-state index contributed by atoms with van der Waals surface area (Å²) in [6.07, 6.45) is -2.49. The zero-order chi connectivity index (χ0) is 13.1. The molecule has 0 aliphatic carbocycles. The number of hydrogen-bond donors (Lipinski definition) is 1. The quantitative estimate of drug-likeness (QED) is 0.862. The third-order valence-corrected chi connectivity index (χ3v) is 2.88. The Balaban J connectivity index is 1.92. The molecule has 18 heavy (non-hydrogen) atoms. The highest BCUT2D eigenvalue weighted by atomic mass is 16.6. The Hall–Kier alpha value is -1.43. The summed E-state index contributed by atoms with van der Waals surface area (Å²) in [6, 6.07) is 7.37. The molecule has 3 atom stereocenters. The first-order valence-corrected chi connectivity index (χ1v) is 5.73. The molecule has 0 bridgehead atoms. The van der Waals surface area contributed by atoms with Gasteiger partial charge in [-0.3, -0.25) is 4.79 Å². The van der Waals surface area contributed by atoms with Crippen LogP contribution in [0.2, 0.25) is 0 Å². The fourth-order valence-corrected chi connectivity index (χ4v) is 1.84. The standard InChI is InChI=1S/C13H16O5/c1-8-12(11(14)13(15)18-8)17-7-9-3-5-10(16-2)6-4-9/h3-6,8,12-13,15H,7H2,1-2H3/t8?,12-,13?/m0/s1. The molecule has 5 heteroatoms. The predicted molar refractivity (Wildman–Crippen MR) is 63.1 cm³/mol. The van der Waals surface area contributed by atoms with Crippen LogP contribution in [-0.4, -0.2) is 36.5 Å². The number of carbonyl (C=O) groups excluding carboxylic acids is 1. The van der Waals surface area contributed by atoms with Gasteiger partial charge in [-0.2, -0.15) is 0 Å². The zero-order valence-electron chi connectivity index (χ0n) is 10.3. The molecule has 0 radical (unpaired) electrons. The molecule has 0 aromatic heterocycles. The lowest BCUT2D eigenvalue weighted by Crippen LogP contribution is -2.29. The van der Waals surface area contributed by atoms with Crippen LogP contribution in [0.3, 0.4) is 0 Å². The normalized spacial score (nSPS) is 27.5. The van der Waals surface area contributed by atoms with Crippen molar-refractivity contribution in [3.63, 3.8) is 0 Å². The van der Waals surface area contributed by atoms with E-state index in [4.69, 9.17) is 14.2 Å². The van der Waals surface area contributed by atoms with Gasteiger partial charge in [0.15, 0.2) is 0 Å². The highest BCUT2D eigenvalue weighted by Gasteiger charge is 2.40. The van der Waals surface area contributed by atoms with Crippen LogP contribution in [0.4, 0.5) is 0 Å². The molecule has 2 unspecified atom stereocenters. The van der Waals surface area contributed by atoms with Crippen LogP contribution in [0, 0.1) is 0 Å². The lowest BCUT2D eigenvalue weighted by Gasteiger charge is -2.13. The summed E-state index contributed by atoms with van der Waals surface area (Å²) in [4.78, 5) is 11.5. The number of aliphatic hydroxyl groups excluding tert-OH is 1. The van der Waals surface area contributed by atoms with Gasteiger partial charge in [0.1, 0.15) is 11.9 Å². The highest BCUT2D eigenvalue weighted by molar-refractivity contribution is 5.88. The van der Waals surface area contributed by atoms with Crippen LogP contribution < -0.4 is 4.74 Å². The molecule has 0 saturated carbocycles. The number of hydrogen-bond acceptors (Lipinski definition) is 5. The molecule has 0 spiro atoms. The minimum absolute atomic E-state index is 0.292. The van der Waals surface area contributed by atoms with E-state index in [1.165, 1.54) is 0 Å². The van der Waals surface area contributed by atoms with E-state index in [1.54, 1.807) is 14.0 Å². The van der Waals surface area contributed by atoms with Crippen molar-refractivity contribution in [2.45, 2.75) is 32.0 Å². The Morgan fingerprint density at radius 1 is 1.33 bits per heavy atom. The summed E-state index contributed by atoms with van der Waals surface area (Å²) in [5.74, 6) is 0.346. The van der Waals surface area contributed by atoms with Crippen molar-refractivity contribution in [3.8, 4) is 5.75 Å². The molecular formula is C13H16O5. The van der Waals surface area contributed by atoms with E-state index < -0.39 is 24.3 Å². The zero-order valence-corrected chi connectivity index (χ0v) is 10.3. The molecule has 0 amide bonds. The highest BCUT2D eigenvalue weighted by Crippen LogP contribution is 2.20. The molecule has 1 heterocycles. The second kappa shape index (κ2) is 5.48. The molecule has 1 aliphatic heterocycles. The van der Waals surface area contributed by atoms with E-state index in [1.807, 2.05) is 24.3 Å². The van der Waals surface area contributed by atoms with Gasteiger partial charge < -0.3 is 19.3 Å². The Kier molecular flexibility index (Phi) is 3.96. The van der Waals surface area contributed by atoms with Gasteiger partial charge in [0, 0.05) is 0 Å². The predicted octanol–water partition coefficient (Wildman–Crippen LogP) is 0.887. The third kappa shape index (κ3) is 2.69. The average molecular weight is 252 g/mol. The van der Waals surface area contributed by atoms with Gasteiger partial charge in [0.05, 0.1) is 19.8 Å². The second-order valence-electron chi connectivity index (χ2n) is 4.18. The van der Waals surface area contributed by atoms with Crippen molar-refractivity contribution in [3.05, 3.63) is 29.8 Å². The molecule has 1 saturated heterocycles. The number of rotatable bonds is 4. The van der Waals surface area contributed by atoms with Gasteiger partial charge in [0.2, 0.25) is 12.1 Å². The summed E-state index contributed by atoms with van der Waals surface area (Å²) in [5.41, 5.74) is 0.928. The molecule has 2 rings (SSSR count). The van der Waals surface area contributed by atoms with Gasteiger partial charge in [-0.25, -0.2) is 0 Å². The topological polar surface area (TPSA) is 65.0 Å². The van der Waals surface area contributed by atoms with E-state index in [0.717, 1.165) is 11.3 Å². The first-order valence-electron chi connectivity index (χ1n) is 5.73. The van der Waals surface area contributed by atoms with Gasteiger partial charge in [0.25, 0.3) is 0 Å². The van der Waals surface area contributed by atoms with E-state index in [0.29, 0.717) is 6.61 Å². The van der Waals surface area contributed by atoms with E-state index in [-0.39, 0.29) is 0 Å².